The number of aliphatic hydroxyl groups is 1. The van der Waals surface area contributed by atoms with Crippen LogP contribution in [0, 0.1) is 5.82 Å². The Hall–Kier alpha value is -1.72. The van der Waals surface area contributed by atoms with E-state index in [1.807, 2.05) is 18.0 Å². The zero-order chi connectivity index (χ0) is 18.4. The van der Waals surface area contributed by atoms with E-state index >= 15 is 0 Å². The second kappa shape index (κ2) is 6.78. The molecule has 4 rings (SSSR count). The lowest BCUT2D eigenvalue weighted by atomic mass is 10.0. The fraction of sp³-hybridized carbons (Fsp3) is 0.250. The first kappa shape index (κ1) is 17.7. The van der Waals surface area contributed by atoms with E-state index in [2.05, 4.69) is 4.98 Å². The number of likely N-dealkylation sites (N-methyl/N-ethyl adjacent to an activating group) is 1. The van der Waals surface area contributed by atoms with Gasteiger partial charge in [-0.3, -0.25) is 9.88 Å². The van der Waals surface area contributed by atoms with Crippen LogP contribution in [0.4, 0.5) is 4.39 Å². The fourth-order valence-corrected chi connectivity index (χ4v) is 4.44. The molecule has 2 atom stereocenters. The average molecular weight is 391 g/mol. The van der Waals surface area contributed by atoms with Crippen molar-refractivity contribution in [1.82, 2.24) is 9.88 Å². The van der Waals surface area contributed by atoms with E-state index in [0.717, 1.165) is 16.7 Å². The molecular weight excluding hydrogens is 374 g/mol. The largest absolute Gasteiger partial charge is 0.391 e. The maximum atomic E-state index is 14.0. The van der Waals surface area contributed by atoms with E-state index in [9.17, 15) is 9.50 Å². The Morgan fingerprint density at radius 1 is 1.27 bits per heavy atom. The van der Waals surface area contributed by atoms with E-state index in [1.54, 1.807) is 30.5 Å². The zero-order valence-corrected chi connectivity index (χ0v) is 15.6. The quantitative estimate of drug-likeness (QED) is 0.699. The highest BCUT2D eigenvalue weighted by atomic mass is 35.5. The van der Waals surface area contributed by atoms with Gasteiger partial charge in [0.1, 0.15) is 5.82 Å². The predicted octanol–water partition coefficient (Wildman–Crippen LogP) is 4.77. The summed E-state index contributed by atoms with van der Waals surface area (Å²) in [5, 5.41) is 12.2. The lowest BCUT2D eigenvalue weighted by Gasteiger charge is -2.28. The first-order chi connectivity index (χ1) is 12.5. The maximum Gasteiger partial charge on any atom is 0.132 e. The number of pyridine rings is 1. The summed E-state index contributed by atoms with van der Waals surface area (Å²) in [6.07, 6.45) is 1.57. The van der Waals surface area contributed by atoms with Crippen LogP contribution in [0.25, 0.3) is 10.9 Å². The third-order valence-electron chi connectivity index (χ3n) is 4.99. The molecule has 134 valence electrons. The summed E-state index contributed by atoms with van der Waals surface area (Å²) in [6, 6.07) is 9.98. The molecule has 0 radical (unpaired) electrons. The van der Waals surface area contributed by atoms with Crippen LogP contribution in [0.15, 0.2) is 42.6 Å². The number of hydrogen-bond donors (Lipinski definition) is 1. The number of hydrogen-bond acceptors (Lipinski definition) is 3. The van der Waals surface area contributed by atoms with Crippen molar-refractivity contribution in [2.45, 2.75) is 25.1 Å². The summed E-state index contributed by atoms with van der Waals surface area (Å²) in [5.74, 6) is -0.288. The Morgan fingerprint density at radius 3 is 2.88 bits per heavy atom. The Labute approximate surface area is 161 Å². The molecule has 3 aromatic rings. The van der Waals surface area contributed by atoms with Gasteiger partial charge in [0.05, 0.1) is 17.7 Å². The average Bonchev–Trinajstić information content (AvgIpc) is 2.94. The van der Waals surface area contributed by atoms with Gasteiger partial charge in [-0.25, -0.2) is 4.39 Å². The summed E-state index contributed by atoms with van der Waals surface area (Å²) in [4.78, 5) is 6.37. The number of halogens is 3. The molecule has 3 nitrogen and oxygen atoms in total. The van der Waals surface area contributed by atoms with Gasteiger partial charge in [0, 0.05) is 34.6 Å². The Kier molecular flexibility index (Phi) is 4.61. The highest BCUT2D eigenvalue weighted by Gasteiger charge is 2.35. The molecule has 1 N–H and O–H groups in total. The van der Waals surface area contributed by atoms with Gasteiger partial charge in [0.15, 0.2) is 0 Å². The van der Waals surface area contributed by atoms with Crippen LogP contribution in [-0.2, 0) is 13.0 Å². The first-order valence-electron chi connectivity index (χ1n) is 8.34. The van der Waals surface area contributed by atoms with Crippen LogP contribution in [0.1, 0.15) is 22.7 Å². The smallest absolute Gasteiger partial charge is 0.132 e. The van der Waals surface area contributed by atoms with Crippen LogP contribution in [0.5, 0.6) is 0 Å². The third kappa shape index (κ3) is 2.97. The molecule has 1 aliphatic rings. The van der Waals surface area contributed by atoms with Gasteiger partial charge in [-0.05, 0) is 54.1 Å². The second-order valence-corrected chi connectivity index (χ2v) is 7.54. The second-order valence-electron chi connectivity index (χ2n) is 6.69. The van der Waals surface area contributed by atoms with Gasteiger partial charge in [-0.2, -0.15) is 0 Å². The van der Waals surface area contributed by atoms with E-state index < -0.39 is 6.10 Å². The summed E-state index contributed by atoms with van der Waals surface area (Å²) < 4.78 is 14.0. The van der Waals surface area contributed by atoms with E-state index in [-0.39, 0.29) is 11.9 Å². The van der Waals surface area contributed by atoms with Crippen molar-refractivity contribution in [2.24, 2.45) is 0 Å². The van der Waals surface area contributed by atoms with Crippen molar-refractivity contribution in [3.63, 3.8) is 0 Å². The van der Waals surface area contributed by atoms with Crippen LogP contribution in [0.2, 0.25) is 10.0 Å². The molecule has 0 saturated carbocycles. The van der Waals surface area contributed by atoms with Gasteiger partial charge in [-0.1, -0.05) is 29.3 Å². The molecule has 6 heteroatoms. The van der Waals surface area contributed by atoms with Crippen molar-refractivity contribution in [3.05, 3.63) is 75.1 Å². The van der Waals surface area contributed by atoms with Gasteiger partial charge in [-0.15, -0.1) is 0 Å². The van der Waals surface area contributed by atoms with Crippen LogP contribution >= 0.6 is 23.2 Å². The van der Waals surface area contributed by atoms with Crippen LogP contribution in [-0.4, -0.2) is 28.1 Å². The molecule has 0 amide bonds. The Balaban J connectivity index is 1.71. The van der Waals surface area contributed by atoms with Gasteiger partial charge in [0.25, 0.3) is 0 Å². The monoisotopic (exact) mass is 390 g/mol. The standard InChI is InChI=1S/C20H17Cl2FN2O/c1-25(10-11-4-5-17(23)13-3-2-6-24-19(11)13)20-15-7-12(21)8-16(22)14(15)9-18(20)26/h2-8,18,20,26H,9-10H2,1H3/t18-,20+/m0/s1. The van der Waals surface area contributed by atoms with Gasteiger partial charge < -0.3 is 5.11 Å². The number of aliphatic hydroxyl groups excluding tert-OH is 1. The zero-order valence-electron chi connectivity index (χ0n) is 14.1. The molecule has 1 aromatic heterocycles. The number of aromatic nitrogens is 1. The Morgan fingerprint density at radius 2 is 2.08 bits per heavy atom. The van der Waals surface area contributed by atoms with Gasteiger partial charge in [0.2, 0.25) is 0 Å². The van der Waals surface area contributed by atoms with Crippen molar-refractivity contribution in [1.29, 1.82) is 0 Å². The molecule has 0 unspecified atom stereocenters. The lowest BCUT2D eigenvalue weighted by Crippen LogP contribution is -2.30. The van der Waals surface area contributed by atoms with Crippen molar-refractivity contribution in [2.75, 3.05) is 7.05 Å². The van der Waals surface area contributed by atoms with Crippen molar-refractivity contribution in [3.8, 4) is 0 Å². The predicted molar refractivity (Wildman–Crippen MR) is 102 cm³/mol. The Bertz CT molecular complexity index is 995. The van der Waals surface area contributed by atoms with E-state index in [1.165, 1.54) is 6.07 Å². The van der Waals surface area contributed by atoms with Crippen molar-refractivity contribution < 1.29 is 9.50 Å². The topological polar surface area (TPSA) is 36.4 Å². The summed E-state index contributed by atoms with van der Waals surface area (Å²) >= 11 is 12.5. The summed E-state index contributed by atoms with van der Waals surface area (Å²) in [6.45, 7) is 0.513. The summed E-state index contributed by atoms with van der Waals surface area (Å²) in [5.41, 5.74) is 3.41. The molecule has 0 saturated heterocycles. The third-order valence-corrected chi connectivity index (χ3v) is 5.54. The normalized spacial score (nSPS) is 19.3. The molecule has 1 heterocycles. The minimum Gasteiger partial charge on any atom is -0.391 e. The number of rotatable bonds is 3. The first-order valence-corrected chi connectivity index (χ1v) is 9.09. The molecular formula is C20H17Cl2FN2O. The van der Waals surface area contributed by atoms with E-state index in [0.29, 0.717) is 33.9 Å². The SMILES string of the molecule is CN(Cc1ccc(F)c2cccnc12)[C@@H]1c2cc(Cl)cc(Cl)c2C[C@@H]1O. The number of fused-ring (bicyclic) bond motifs is 2. The molecule has 0 bridgehead atoms. The minimum absolute atomic E-state index is 0.231. The van der Waals surface area contributed by atoms with Crippen LogP contribution < -0.4 is 0 Å². The van der Waals surface area contributed by atoms with Gasteiger partial charge >= 0.3 is 0 Å². The van der Waals surface area contributed by atoms with E-state index in [4.69, 9.17) is 23.2 Å². The molecule has 26 heavy (non-hydrogen) atoms. The highest BCUT2D eigenvalue weighted by Crippen LogP contribution is 2.41. The number of benzene rings is 2. The molecule has 2 aromatic carbocycles. The minimum atomic E-state index is -0.578. The lowest BCUT2D eigenvalue weighted by molar-refractivity contribution is 0.0726. The fourth-order valence-electron chi connectivity index (χ4n) is 3.85. The molecule has 0 aliphatic heterocycles. The van der Waals surface area contributed by atoms with Crippen molar-refractivity contribution >= 4 is 34.1 Å². The highest BCUT2D eigenvalue weighted by molar-refractivity contribution is 6.35. The maximum absolute atomic E-state index is 14.0. The summed E-state index contributed by atoms with van der Waals surface area (Å²) in [7, 11) is 1.93. The van der Waals surface area contributed by atoms with Crippen LogP contribution in [0.3, 0.4) is 0 Å². The molecule has 0 fully saturated rings. The molecule has 0 spiro atoms. The molecule has 1 aliphatic carbocycles. The number of nitrogens with zero attached hydrogens (tertiary/aromatic N) is 2.